The normalized spacial score (nSPS) is 27.8. The van der Waals surface area contributed by atoms with Crippen molar-refractivity contribution in [3.05, 3.63) is 59.2 Å². The van der Waals surface area contributed by atoms with Gasteiger partial charge in [0.25, 0.3) is 5.91 Å². The predicted molar refractivity (Wildman–Crippen MR) is 122 cm³/mol. The third-order valence-electron chi connectivity index (χ3n) is 7.76. The van der Waals surface area contributed by atoms with E-state index in [1.165, 1.54) is 49.0 Å². The van der Waals surface area contributed by atoms with Gasteiger partial charge in [0.2, 0.25) is 0 Å². The van der Waals surface area contributed by atoms with Crippen LogP contribution in [0.15, 0.2) is 42.5 Å². The molecule has 0 radical (unpaired) electrons. The van der Waals surface area contributed by atoms with Crippen molar-refractivity contribution in [2.24, 2.45) is 17.8 Å². The van der Waals surface area contributed by atoms with Gasteiger partial charge in [-0.2, -0.15) is 0 Å². The van der Waals surface area contributed by atoms with E-state index >= 15 is 0 Å². The van der Waals surface area contributed by atoms with E-state index in [1.807, 2.05) is 12.1 Å². The summed E-state index contributed by atoms with van der Waals surface area (Å²) in [6.45, 7) is 0. The standard InChI is InChI=1S/C27H31NO4/c1-28(2)25(29)20-4-7-22(8-5-20)32-26(30)21-6-9-24(31-3)23(13-21)27-14-17-10-18(15-27)12-19(11-17)16-27/h4-9,13,17-19H,10-12,14-16H2,1-3H3. The van der Waals surface area contributed by atoms with Crippen LogP contribution in [-0.2, 0) is 5.41 Å². The number of ether oxygens (including phenoxy) is 2. The van der Waals surface area contributed by atoms with Crippen molar-refractivity contribution >= 4 is 11.9 Å². The maximum Gasteiger partial charge on any atom is 0.343 e. The molecule has 0 aromatic heterocycles. The Hall–Kier alpha value is -2.82. The van der Waals surface area contributed by atoms with Gasteiger partial charge in [-0.1, -0.05) is 0 Å². The predicted octanol–water partition coefficient (Wildman–Crippen LogP) is 5.08. The lowest BCUT2D eigenvalue weighted by Gasteiger charge is -2.57. The molecule has 2 aromatic rings. The lowest BCUT2D eigenvalue weighted by molar-refractivity contribution is -0.00618. The van der Waals surface area contributed by atoms with Gasteiger partial charge in [-0.15, -0.1) is 0 Å². The minimum Gasteiger partial charge on any atom is -0.496 e. The highest BCUT2D eigenvalue weighted by Crippen LogP contribution is 2.61. The van der Waals surface area contributed by atoms with Crippen LogP contribution in [-0.4, -0.2) is 38.0 Å². The lowest BCUT2D eigenvalue weighted by atomic mass is 9.48. The molecule has 0 aliphatic heterocycles. The SMILES string of the molecule is COc1ccc(C(=O)Oc2ccc(C(=O)N(C)C)cc2)cc1C12CC3CC(CC(C3)C1)C2. The number of rotatable bonds is 5. The van der Waals surface area contributed by atoms with Gasteiger partial charge in [0.15, 0.2) is 0 Å². The second kappa shape index (κ2) is 7.95. The molecule has 0 saturated heterocycles. The summed E-state index contributed by atoms with van der Waals surface area (Å²) in [6.07, 6.45) is 7.72. The van der Waals surface area contributed by atoms with Crippen molar-refractivity contribution in [1.29, 1.82) is 0 Å². The molecule has 1 amide bonds. The van der Waals surface area contributed by atoms with Crippen molar-refractivity contribution in [2.45, 2.75) is 43.9 Å². The fourth-order valence-electron chi connectivity index (χ4n) is 6.78. The molecule has 0 spiro atoms. The highest BCUT2D eigenvalue weighted by molar-refractivity contribution is 5.94. The zero-order valence-corrected chi connectivity index (χ0v) is 19.1. The number of amides is 1. The van der Waals surface area contributed by atoms with Gasteiger partial charge in [0.1, 0.15) is 11.5 Å². The van der Waals surface area contributed by atoms with Crippen LogP contribution in [0.5, 0.6) is 11.5 Å². The molecular formula is C27H31NO4. The molecule has 4 aliphatic carbocycles. The molecule has 0 unspecified atom stereocenters. The number of methoxy groups -OCH3 is 1. The van der Waals surface area contributed by atoms with Gasteiger partial charge in [-0.05, 0) is 104 Å². The molecule has 0 atom stereocenters. The summed E-state index contributed by atoms with van der Waals surface area (Å²) in [5.74, 6) is 3.27. The molecule has 2 aromatic carbocycles. The van der Waals surface area contributed by atoms with Crippen LogP contribution in [0.1, 0.15) is 64.8 Å². The van der Waals surface area contributed by atoms with Crippen molar-refractivity contribution < 1.29 is 19.1 Å². The minimum atomic E-state index is -0.384. The molecule has 4 bridgehead atoms. The lowest BCUT2D eigenvalue weighted by Crippen LogP contribution is -2.48. The summed E-state index contributed by atoms with van der Waals surface area (Å²) in [6, 6.07) is 12.4. The summed E-state index contributed by atoms with van der Waals surface area (Å²) in [5.41, 5.74) is 2.42. The molecule has 5 heteroatoms. The van der Waals surface area contributed by atoms with Crippen LogP contribution >= 0.6 is 0 Å². The fraction of sp³-hybridized carbons (Fsp3) is 0.481. The van der Waals surface area contributed by atoms with E-state index < -0.39 is 0 Å². The summed E-state index contributed by atoms with van der Waals surface area (Å²) < 4.78 is 11.4. The van der Waals surface area contributed by atoms with E-state index in [1.54, 1.807) is 51.5 Å². The van der Waals surface area contributed by atoms with Crippen LogP contribution in [0.2, 0.25) is 0 Å². The third-order valence-corrected chi connectivity index (χ3v) is 7.76. The second-order valence-corrected chi connectivity index (χ2v) is 10.2. The number of carbonyl (C=O) groups is 2. The first-order valence-electron chi connectivity index (χ1n) is 11.6. The molecule has 4 aliphatic rings. The first-order chi connectivity index (χ1) is 15.4. The first-order valence-corrected chi connectivity index (χ1v) is 11.6. The average molecular weight is 434 g/mol. The molecule has 4 saturated carbocycles. The highest BCUT2D eigenvalue weighted by atomic mass is 16.5. The summed E-state index contributed by atoms with van der Waals surface area (Å²) in [7, 11) is 5.14. The molecule has 168 valence electrons. The number of benzene rings is 2. The molecule has 4 fully saturated rings. The minimum absolute atomic E-state index is 0.0850. The highest BCUT2D eigenvalue weighted by Gasteiger charge is 2.52. The van der Waals surface area contributed by atoms with E-state index in [4.69, 9.17) is 9.47 Å². The molecule has 6 rings (SSSR count). The summed E-state index contributed by atoms with van der Waals surface area (Å²) >= 11 is 0. The molecule has 5 nitrogen and oxygen atoms in total. The Kier molecular flexibility index (Phi) is 5.23. The number of carbonyl (C=O) groups excluding carboxylic acids is 2. The average Bonchev–Trinajstić information content (AvgIpc) is 2.77. The molecule has 0 heterocycles. The van der Waals surface area contributed by atoms with E-state index in [2.05, 4.69) is 0 Å². The Morgan fingerprint density at radius 3 is 1.97 bits per heavy atom. The quantitative estimate of drug-likeness (QED) is 0.487. The van der Waals surface area contributed by atoms with E-state index in [0.29, 0.717) is 16.9 Å². The van der Waals surface area contributed by atoms with Gasteiger partial charge in [-0.3, -0.25) is 4.79 Å². The van der Waals surface area contributed by atoms with Crippen LogP contribution in [0.4, 0.5) is 0 Å². The second-order valence-electron chi connectivity index (χ2n) is 10.2. The van der Waals surface area contributed by atoms with Gasteiger partial charge in [0, 0.05) is 25.2 Å². The van der Waals surface area contributed by atoms with E-state index in [-0.39, 0.29) is 17.3 Å². The summed E-state index contributed by atoms with van der Waals surface area (Å²) in [5, 5.41) is 0. The maximum atomic E-state index is 13.0. The smallest absolute Gasteiger partial charge is 0.343 e. The molecular weight excluding hydrogens is 402 g/mol. The monoisotopic (exact) mass is 433 g/mol. The van der Waals surface area contributed by atoms with Crippen LogP contribution in [0.25, 0.3) is 0 Å². The number of hydrogen-bond acceptors (Lipinski definition) is 4. The Morgan fingerprint density at radius 2 is 1.44 bits per heavy atom. The van der Waals surface area contributed by atoms with Gasteiger partial charge >= 0.3 is 5.97 Å². The Labute approximate surface area is 189 Å². The number of esters is 1. The number of nitrogens with zero attached hydrogens (tertiary/aromatic N) is 1. The van der Waals surface area contributed by atoms with Crippen LogP contribution < -0.4 is 9.47 Å². The maximum absolute atomic E-state index is 13.0. The largest absolute Gasteiger partial charge is 0.496 e. The van der Waals surface area contributed by atoms with Crippen LogP contribution in [0.3, 0.4) is 0 Å². The van der Waals surface area contributed by atoms with Gasteiger partial charge in [0.05, 0.1) is 12.7 Å². The van der Waals surface area contributed by atoms with Crippen molar-refractivity contribution in [3.8, 4) is 11.5 Å². The molecule has 0 N–H and O–H groups in total. The van der Waals surface area contributed by atoms with Crippen molar-refractivity contribution in [1.82, 2.24) is 4.90 Å². The van der Waals surface area contributed by atoms with Gasteiger partial charge in [-0.25, -0.2) is 4.79 Å². The fourth-order valence-corrected chi connectivity index (χ4v) is 6.78. The topological polar surface area (TPSA) is 55.8 Å². The third kappa shape index (κ3) is 3.68. The van der Waals surface area contributed by atoms with E-state index in [9.17, 15) is 9.59 Å². The van der Waals surface area contributed by atoms with Crippen molar-refractivity contribution in [2.75, 3.05) is 21.2 Å². The zero-order valence-electron chi connectivity index (χ0n) is 19.1. The van der Waals surface area contributed by atoms with E-state index in [0.717, 1.165) is 23.5 Å². The first kappa shape index (κ1) is 21.0. The number of hydrogen-bond donors (Lipinski definition) is 0. The van der Waals surface area contributed by atoms with Crippen molar-refractivity contribution in [3.63, 3.8) is 0 Å². The van der Waals surface area contributed by atoms with Gasteiger partial charge < -0.3 is 14.4 Å². The molecule has 32 heavy (non-hydrogen) atoms. The Balaban J connectivity index is 1.39. The Morgan fingerprint density at radius 1 is 0.875 bits per heavy atom. The van der Waals surface area contributed by atoms with Crippen LogP contribution in [0, 0.1) is 17.8 Å². The Bertz CT molecular complexity index is 1000. The summed E-state index contributed by atoms with van der Waals surface area (Å²) in [4.78, 5) is 26.6. The zero-order chi connectivity index (χ0) is 22.5.